The van der Waals surface area contributed by atoms with E-state index >= 15 is 0 Å². The molecule has 0 aliphatic carbocycles. The molecule has 0 bridgehead atoms. The summed E-state index contributed by atoms with van der Waals surface area (Å²) in [7, 11) is -5.84. The van der Waals surface area contributed by atoms with Crippen molar-refractivity contribution in [3.63, 3.8) is 0 Å². The summed E-state index contributed by atoms with van der Waals surface area (Å²) in [6.45, 7) is 5.67. The number of piperazine rings is 1. The first-order chi connectivity index (χ1) is 21.6. The van der Waals surface area contributed by atoms with Crippen LogP contribution >= 0.6 is 0 Å². The molecule has 0 radical (unpaired) electrons. The van der Waals surface area contributed by atoms with Gasteiger partial charge in [0.05, 0.1) is 6.61 Å². The van der Waals surface area contributed by atoms with E-state index in [2.05, 4.69) is 20.6 Å². The number of aliphatic carboxylic acids is 1. The van der Waals surface area contributed by atoms with E-state index in [9.17, 15) is 37.5 Å². The van der Waals surface area contributed by atoms with E-state index < -0.39 is 45.5 Å². The number of carboxylic acid groups (broad SMARTS) is 1. The molecular weight excluding hydrogens is 641 g/mol. The van der Waals surface area contributed by atoms with Crippen molar-refractivity contribution in [2.45, 2.75) is 44.7 Å². The van der Waals surface area contributed by atoms with Crippen LogP contribution < -0.4 is 10.6 Å². The van der Waals surface area contributed by atoms with Crippen LogP contribution in [0, 0.1) is 0 Å². The molecule has 1 saturated heterocycles. The number of nitrogens with zero attached hydrogens (tertiary/aromatic N) is 4. The minimum absolute atomic E-state index is 0.0534. The van der Waals surface area contributed by atoms with Crippen LogP contribution in [0.3, 0.4) is 0 Å². The molecule has 46 heavy (non-hydrogen) atoms. The number of carbonyl (C=O) groups is 4. The number of aromatic nitrogens is 2. The highest BCUT2D eigenvalue weighted by atomic mass is 32.2. The van der Waals surface area contributed by atoms with Crippen LogP contribution in [0.25, 0.3) is 11.4 Å². The number of alkyl halides is 3. The second kappa shape index (κ2) is 17.2. The van der Waals surface area contributed by atoms with Gasteiger partial charge in [0.2, 0.25) is 5.91 Å². The van der Waals surface area contributed by atoms with E-state index in [1.807, 2.05) is 37.3 Å². The Hall–Kier alpha value is -4.52. The molecule has 1 unspecified atom stereocenters. The van der Waals surface area contributed by atoms with Gasteiger partial charge in [0, 0.05) is 50.8 Å². The highest BCUT2D eigenvalue weighted by molar-refractivity contribution is 7.86. The molecule has 0 spiro atoms. The van der Waals surface area contributed by atoms with Gasteiger partial charge in [0.1, 0.15) is 17.6 Å². The Bertz CT molecular complexity index is 1450. The van der Waals surface area contributed by atoms with Crippen molar-refractivity contribution in [3.8, 4) is 11.4 Å². The average Bonchev–Trinajstić information content (AvgIpc) is 3.01. The summed E-state index contributed by atoms with van der Waals surface area (Å²) < 4.78 is 62.6. The minimum Gasteiger partial charge on any atom is -0.481 e. The Morgan fingerprint density at radius 2 is 1.61 bits per heavy atom. The first-order valence-corrected chi connectivity index (χ1v) is 15.5. The van der Waals surface area contributed by atoms with Crippen LogP contribution in [-0.4, -0.2) is 113 Å². The normalized spacial score (nSPS) is 14.0. The van der Waals surface area contributed by atoms with Gasteiger partial charge in [0.25, 0.3) is 5.91 Å². The highest BCUT2D eigenvalue weighted by Crippen LogP contribution is 2.21. The number of halogens is 3. The number of benzene rings is 1. The lowest BCUT2D eigenvalue weighted by Gasteiger charge is -2.35. The monoisotopic (exact) mass is 676 g/mol. The summed E-state index contributed by atoms with van der Waals surface area (Å²) in [5, 5.41) is 15.1. The molecule has 2 aromatic rings. The van der Waals surface area contributed by atoms with Crippen LogP contribution in [0.5, 0.6) is 0 Å². The topological polar surface area (TPSA) is 208 Å². The third-order valence-corrected chi connectivity index (χ3v) is 6.79. The first kappa shape index (κ1) is 37.7. The van der Waals surface area contributed by atoms with Gasteiger partial charge in [-0.2, -0.15) is 21.6 Å². The maximum atomic E-state index is 13.3. The Kier molecular flexibility index (Phi) is 14.1. The predicted octanol–water partition coefficient (Wildman–Crippen LogP) is 2.62. The standard InChI is InChI=1S/C26H34N6O6.CHF3O3S/c1-3-12-27-21-17-20(28-23(30-21)18-8-6-5-7-9-18)24(35)29-19(10-11-22(33)34)25(36)31-13-15-32(16-14-31)26(37)38-4-2;2-1(3,4)8(5,6)7/h5-9,17,19H,3-4,10-16H2,1-2H3,(H,29,35)(H,33,34)(H,27,28,30);(H,5,6,7). The number of nitrogens with one attached hydrogen (secondary N) is 2. The summed E-state index contributed by atoms with van der Waals surface area (Å²) in [5.74, 6) is -1.29. The molecule has 1 aliphatic rings. The van der Waals surface area contributed by atoms with Crippen LogP contribution in [0.15, 0.2) is 36.4 Å². The molecule has 19 heteroatoms. The zero-order valence-corrected chi connectivity index (χ0v) is 25.8. The Labute approximate surface area is 262 Å². The smallest absolute Gasteiger partial charge is 0.481 e. The van der Waals surface area contributed by atoms with Crippen LogP contribution in [-0.2, 0) is 24.4 Å². The molecular formula is C27H35F3N6O9S. The van der Waals surface area contributed by atoms with Gasteiger partial charge in [-0.25, -0.2) is 14.8 Å². The molecule has 2 heterocycles. The maximum Gasteiger partial charge on any atom is 0.522 e. The predicted molar refractivity (Wildman–Crippen MR) is 157 cm³/mol. The fraction of sp³-hybridized carbons (Fsp3) is 0.481. The Morgan fingerprint density at radius 3 is 2.13 bits per heavy atom. The molecule has 1 aromatic heterocycles. The number of anilines is 1. The van der Waals surface area contributed by atoms with Crippen molar-refractivity contribution in [1.29, 1.82) is 0 Å². The molecule has 4 N–H and O–H groups in total. The van der Waals surface area contributed by atoms with Gasteiger partial charge >= 0.3 is 27.7 Å². The average molecular weight is 677 g/mol. The molecule has 1 fully saturated rings. The molecule has 3 rings (SSSR count). The molecule has 15 nitrogen and oxygen atoms in total. The number of hydrogen-bond donors (Lipinski definition) is 4. The highest BCUT2D eigenvalue weighted by Gasteiger charge is 2.44. The molecule has 0 saturated carbocycles. The van der Waals surface area contributed by atoms with E-state index in [0.29, 0.717) is 18.2 Å². The second-order valence-electron chi connectivity index (χ2n) is 9.65. The summed E-state index contributed by atoms with van der Waals surface area (Å²) in [6, 6.07) is 9.64. The molecule has 3 amide bonds. The fourth-order valence-electron chi connectivity index (χ4n) is 3.93. The van der Waals surface area contributed by atoms with Gasteiger partial charge in [0.15, 0.2) is 5.82 Å². The molecule has 1 atom stereocenters. The SMILES string of the molecule is CCCNc1cc(C(=O)NC(CCC(=O)O)C(=O)N2CCN(C(=O)OCC)CC2)nc(-c2ccccc2)n1.O=S(=O)(O)C(F)(F)F. The number of carboxylic acids is 1. The minimum atomic E-state index is -5.84. The zero-order valence-electron chi connectivity index (χ0n) is 25.0. The lowest BCUT2D eigenvalue weighted by molar-refractivity contribution is -0.138. The third kappa shape index (κ3) is 11.8. The largest absolute Gasteiger partial charge is 0.522 e. The third-order valence-electron chi connectivity index (χ3n) is 6.21. The van der Waals surface area contributed by atoms with Crippen molar-refractivity contribution in [3.05, 3.63) is 42.1 Å². The first-order valence-electron chi connectivity index (χ1n) is 14.0. The summed E-state index contributed by atoms with van der Waals surface area (Å²) >= 11 is 0. The van der Waals surface area contributed by atoms with Crippen LogP contribution in [0.4, 0.5) is 23.8 Å². The van der Waals surface area contributed by atoms with Crippen molar-refractivity contribution in [2.24, 2.45) is 0 Å². The van der Waals surface area contributed by atoms with Crippen molar-refractivity contribution >= 4 is 39.8 Å². The molecule has 1 aromatic carbocycles. The van der Waals surface area contributed by atoms with Crippen LogP contribution in [0.1, 0.15) is 43.6 Å². The number of ether oxygens (including phenoxy) is 1. The van der Waals surface area contributed by atoms with E-state index in [1.165, 1.54) is 15.9 Å². The van der Waals surface area contributed by atoms with Crippen molar-refractivity contribution < 1.29 is 55.2 Å². The van der Waals surface area contributed by atoms with Gasteiger partial charge in [-0.1, -0.05) is 37.3 Å². The molecule has 1 aliphatic heterocycles. The lowest BCUT2D eigenvalue weighted by atomic mass is 10.1. The Morgan fingerprint density at radius 1 is 1.02 bits per heavy atom. The second-order valence-corrected chi connectivity index (χ2v) is 11.1. The van der Waals surface area contributed by atoms with Crippen LogP contribution in [0.2, 0.25) is 0 Å². The van der Waals surface area contributed by atoms with Gasteiger partial charge in [-0.3, -0.25) is 18.9 Å². The summed E-state index contributed by atoms with van der Waals surface area (Å²) in [4.78, 5) is 61.8. The van der Waals surface area contributed by atoms with Gasteiger partial charge < -0.3 is 30.3 Å². The van der Waals surface area contributed by atoms with Crippen molar-refractivity contribution in [2.75, 3.05) is 44.6 Å². The number of hydrogen-bond acceptors (Lipinski definition) is 10. The van der Waals surface area contributed by atoms with E-state index in [1.54, 1.807) is 6.92 Å². The van der Waals surface area contributed by atoms with Crippen molar-refractivity contribution in [1.82, 2.24) is 25.1 Å². The van der Waals surface area contributed by atoms with E-state index in [-0.39, 0.29) is 51.3 Å². The summed E-state index contributed by atoms with van der Waals surface area (Å²) in [5.41, 5.74) is -4.76. The summed E-state index contributed by atoms with van der Waals surface area (Å²) in [6.07, 6.45) is 0.0134. The lowest BCUT2D eigenvalue weighted by Crippen LogP contribution is -2.56. The van der Waals surface area contributed by atoms with Gasteiger partial charge in [-0.05, 0) is 19.8 Å². The Balaban J connectivity index is 0.000000812. The number of carbonyl (C=O) groups excluding carboxylic acids is 3. The van der Waals surface area contributed by atoms with E-state index in [4.69, 9.17) is 17.7 Å². The molecule has 254 valence electrons. The van der Waals surface area contributed by atoms with E-state index in [0.717, 1.165) is 12.0 Å². The maximum absolute atomic E-state index is 13.3. The van der Waals surface area contributed by atoms with Gasteiger partial charge in [-0.15, -0.1) is 0 Å². The zero-order chi connectivity index (χ0) is 34.5. The number of rotatable bonds is 11. The quantitative estimate of drug-likeness (QED) is 0.200. The fourth-order valence-corrected chi connectivity index (χ4v) is 3.93. The number of amides is 3.